The van der Waals surface area contributed by atoms with Crippen LogP contribution in [0.5, 0.6) is 0 Å². The molecule has 20 heavy (non-hydrogen) atoms. The summed E-state index contributed by atoms with van der Waals surface area (Å²) in [4.78, 5) is 5.64. The molecule has 0 amide bonds. The molecule has 1 aromatic heterocycles. The van der Waals surface area contributed by atoms with Gasteiger partial charge in [0.2, 0.25) is 0 Å². The molecule has 0 fully saturated rings. The molecule has 0 radical (unpaired) electrons. The Labute approximate surface area is 125 Å². The quantitative estimate of drug-likeness (QED) is 0.899. The monoisotopic (exact) mass is 286 g/mol. The van der Waals surface area contributed by atoms with E-state index in [2.05, 4.69) is 50.0 Å². The summed E-state index contributed by atoms with van der Waals surface area (Å²) in [5.74, 6) is 0. The lowest BCUT2D eigenvalue weighted by Crippen LogP contribution is -2.10. The van der Waals surface area contributed by atoms with Crippen LogP contribution in [-0.4, -0.2) is 4.98 Å². The summed E-state index contributed by atoms with van der Waals surface area (Å²) in [6.45, 7) is 8.66. The lowest BCUT2D eigenvalue weighted by Gasteiger charge is -2.19. The molecule has 1 aromatic carbocycles. The van der Waals surface area contributed by atoms with Crippen molar-refractivity contribution in [2.45, 2.75) is 49.1 Å². The highest BCUT2D eigenvalue weighted by atomic mass is 32.2. The van der Waals surface area contributed by atoms with E-state index in [0.29, 0.717) is 0 Å². The maximum Gasteiger partial charge on any atom is 0.105 e. The summed E-state index contributed by atoms with van der Waals surface area (Å²) in [5.41, 5.74) is 8.62. The number of hydrogen-bond acceptors (Lipinski definition) is 3. The molecule has 2 N–H and O–H groups in total. The van der Waals surface area contributed by atoms with Crippen molar-refractivity contribution in [2.24, 2.45) is 5.73 Å². The van der Waals surface area contributed by atoms with Crippen LogP contribution in [0, 0.1) is 0 Å². The van der Waals surface area contributed by atoms with Crippen molar-refractivity contribution in [3.63, 3.8) is 0 Å². The Hall–Kier alpha value is -1.32. The van der Waals surface area contributed by atoms with Crippen molar-refractivity contribution in [1.29, 1.82) is 0 Å². The first-order valence-electron chi connectivity index (χ1n) is 6.87. The molecule has 0 bridgehead atoms. The smallest absolute Gasteiger partial charge is 0.105 e. The van der Waals surface area contributed by atoms with Crippen LogP contribution in [0.25, 0.3) is 0 Å². The number of benzene rings is 1. The lowest BCUT2D eigenvalue weighted by molar-refractivity contribution is 0.590. The lowest BCUT2D eigenvalue weighted by atomic mass is 9.87. The minimum atomic E-state index is 0.0000448. The maximum atomic E-state index is 6.00. The summed E-state index contributed by atoms with van der Waals surface area (Å²) in [5, 5.41) is 0.992. The predicted octanol–water partition coefficient (Wildman–Crippen LogP) is 4.55. The second-order valence-electron chi connectivity index (χ2n) is 6.06. The Bertz CT molecular complexity index is 568. The van der Waals surface area contributed by atoms with Crippen LogP contribution in [0.1, 0.15) is 44.9 Å². The van der Waals surface area contributed by atoms with Crippen LogP contribution in [0.4, 0.5) is 0 Å². The first kappa shape index (κ1) is 15.1. The molecule has 106 valence electrons. The van der Waals surface area contributed by atoms with Crippen LogP contribution >= 0.6 is 11.8 Å². The van der Waals surface area contributed by atoms with Gasteiger partial charge in [0.1, 0.15) is 5.03 Å². The number of nitrogens with zero attached hydrogens (tertiary/aromatic N) is 1. The van der Waals surface area contributed by atoms with Crippen LogP contribution in [0.15, 0.2) is 52.5 Å². The fraction of sp³-hybridized carbons (Fsp3) is 0.353. The Morgan fingerprint density at radius 1 is 1.10 bits per heavy atom. The largest absolute Gasteiger partial charge is 0.324 e. The van der Waals surface area contributed by atoms with Gasteiger partial charge in [0.15, 0.2) is 0 Å². The fourth-order valence-electron chi connectivity index (χ4n) is 1.97. The zero-order valence-electron chi connectivity index (χ0n) is 12.6. The molecule has 3 heteroatoms. The van der Waals surface area contributed by atoms with E-state index in [4.69, 9.17) is 5.73 Å². The molecule has 1 atom stereocenters. The summed E-state index contributed by atoms with van der Waals surface area (Å²) >= 11 is 1.67. The Morgan fingerprint density at radius 3 is 2.30 bits per heavy atom. The Morgan fingerprint density at radius 2 is 1.75 bits per heavy atom. The molecule has 0 unspecified atom stereocenters. The van der Waals surface area contributed by atoms with Gasteiger partial charge < -0.3 is 5.73 Å². The first-order valence-corrected chi connectivity index (χ1v) is 7.68. The van der Waals surface area contributed by atoms with Gasteiger partial charge in [-0.05, 0) is 36.1 Å². The average molecular weight is 286 g/mol. The van der Waals surface area contributed by atoms with Crippen molar-refractivity contribution >= 4 is 11.8 Å². The van der Waals surface area contributed by atoms with Crippen molar-refractivity contribution in [3.05, 3.63) is 53.7 Å². The molecule has 0 aliphatic heterocycles. The van der Waals surface area contributed by atoms with Gasteiger partial charge in [0, 0.05) is 22.7 Å². The van der Waals surface area contributed by atoms with E-state index in [9.17, 15) is 0 Å². The summed E-state index contributed by atoms with van der Waals surface area (Å²) in [7, 11) is 0. The van der Waals surface area contributed by atoms with Crippen molar-refractivity contribution in [3.8, 4) is 0 Å². The molecule has 0 spiro atoms. The Kier molecular flexibility index (Phi) is 4.51. The van der Waals surface area contributed by atoms with Crippen molar-refractivity contribution in [1.82, 2.24) is 4.98 Å². The van der Waals surface area contributed by atoms with Gasteiger partial charge in [-0.2, -0.15) is 0 Å². The summed E-state index contributed by atoms with van der Waals surface area (Å²) in [6.07, 6.45) is 1.82. The van der Waals surface area contributed by atoms with E-state index >= 15 is 0 Å². The summed E-state index contributed by atoms with van der Waals surface area (Å²) in [6, 6.07) is 12.7. The molecule has 0 aliphatic carbocycles. The zero-order chi connectivity index (χ0) is 14.8. The van der Waals surface area contributed by atoms with Crippen LogP contribution in [0.2, 0.25) is 0 Å². The van der Waals surface area contributed by atoms with Crippen molar-refractivity contribution in [2.75, 3.05) is 0 Å². The third kappa shape index (κ3) is 3.62. The maximum absolute atomic E-state index is 6.00. The standard InChI is InChI=1S/C17H22N2S/c1-12(18)15-6-5-11-19-16(15)20-14-9-7-13(8-10-14)17(2,3)4/h5-12H,18H2,1-4H3/t12-/m1/s1. The van der Waals surface area contributed by atoms with Gasteiger partial charge in [-0.15, -0.1) is 0 Å². The molecule has 0 saturated carbocycles. The van der Waals surface area contributed by atoms with Gasteiger partial charge in [-0.1, -0.05) is 50.7 Å². The highest BCUT2D eigenvalue weighted by molar-refractivity contribution is 7.99. The minimum absolute atomic E-state index is 0.0000448. The zero-order valence-corrected chi connectivity index (χ0v) is 13.4. The molecule has 1 heterocycles. The fourth-order valence-corrected chi connectivity index (χ4v) is 2.95. The molecule has 2 nitrogen and oxygen atoms in total. The SMILES string of the molecule is C[C@@H](N)c1cccnc1Sc1ccc(C(C)(C)C)cc1. The van der Waals surface area contributed by atoms with Gasteiger partial charge in [-0.3, -0.25) is 0 Å². The number of rotatable bonds is 3. The van der Waals surface area contributed by atoms with Gasteiger partial charge >= 0.3 is 0 Å². The number of hydrogen-bond donors (Lipinski definition) is 1. The van der Waals surface area contributed by atoms with Crippen LogP contribution < -0.4 is 5.73 Å². The molecule has 2 rings (SSSR count). The third-order valence-electron chi connectivity index (χ3n) is 3.23. The van der Waals surface area contributed by atoms with Gasteiger partial charge in [-0.25, -0.2) is 4.98 Å². The molecular weight excluding hydrogens is 264 g/mol. The molecular formula is C17H22N2S. The van der Waals surface area contributed by atoms with E-state index in [1.807, 2.05) is 25.3 Å². The van der Waals surface area contributed by atoms with E-state index in [1.54, 1.807) is 11.8 Å². The molecule has 0 aliphatic rings. The summed E-state index contributed by atoms with van der Waals surface area (Å²) < 4.78 is 0. The van der Waals surface area contributed by atoms with E-state index < -0.39 is 0 Å². The van der Waals surface area contributed by atoms with Gasteiger partial charge in [0.25, 0.3) is 0 Å². The van der Waals surface area contributed by atoms with E-state index in [0.717, 1.165) is 10.6 Å². The first-order chi connectivity index (χ1) is 9.38. The van der Waals surface area contributed by atoms with E-state index in [1.165, 1.54) is 10.5 Å². The predicted molar refractivity (Wildman–Crippen MR) is 86.1 cm³/mol. The number of pyridine rings is 1. The second kappa shape index (κ2) is 5.98. The normalized spacial score (nSPS) is 13.2. The van der Waals surface area contributed by atoms with Crippen LogP contribution in [-0.2, 0) is 5.41 Å². The Balaban J connectivity index is 2.23. The van der Waals surface area contributed by atoms with Gasteiger partial charge in [0.05, 0.1) is 0 Å². The van der Waals surface area contributed by atoms with Crippen molar-refractivity contribution < 1.29 is 0 Å². The number of aromatic nitrogens is 1. The highest BCUT2D eigenvalue weighted by Crippen LogP contribution is 2.32. The molecule has 2 aromatic rings. The second-order valence-corrected chi connectivity index (χ2v) is 7.13. The average Bonchev–Trinajstić information content (AvgIpc) is 2.38. The minimum Gasteiger partial charge on any atom is -0.324 e. The van der Waals surface area contributed by atoms with E-state index in [-0.39, 0.29) is 11.5 Å². The topological polar surface area (TPSA) is 38.9 Å². The molecule has 0 saturated heterocycles. The third-order valence-corrected chi connectivity index (χ3v) is 4.27. The van der Waals surface area contributed by atoms with Crippen LogP contribution in [0.3, 0.4) is 0 Å². The highest BCUT2D eigenvalue weighted by Gasteiger charge is 2.14. The number of nitrogens with two attached hydrogens (primary N) is 1.